The van der Waals surface area contributed by atoms with Crippen LogP contribution in [-0.2, 0) is 0 Å². The molecule has 33 heavy (non-hydrogen) atoms. The molecule has 3 aromatic rings. The summed E-state index contributed by atoms with van der Waals surface area (Å²) in [6, 6.07) is 16.2. The van der Waals surface area contributed by atoms with Crippen molar-refractivity contribution in [2.24, 2.45) is 0 Å². The van der Waals surface area contributed by atoms with Crippen molar-refractivity contribution in [1.82, 2.24) is 0 Å². The van der Waals surface area contributed by atoms with E-state index in [0.717, 1.165) is 17.4 Å². The van der Waals surface area contributed by atoms with Crippen LogP contribution in [0.4, 0.5) is 5.69 Å². The van der Waals surface area contributed by atoms with Crippen LogP contribution in [0.1, 0.15) is 47.9 Å². The lowest BCUT2D eigenvalue weighted by Gasteiger charge is -2.28. The molecule has 2 aliphatic rings. The number of amides is 2. The van der Waals surface area contributed by atoms with E-state index in [4.69, 9.17) is 9.47 Å². The van der Waals surface area contributed by atoms with E-state index in [9.17, 15) is 9.59 Å². The second-order valence-electron chi connectivity index (χ2n) is 9.23. The highest BCUT2D eigenvalue weighted by Gasteiger charge is 2.34. The van der Waals surface area contributed by atoms with Gasteiger partial charge in [0, 0.05) is 10.9 Å². The summed E-state index contributed by atoms with van der Waals surface area (Å²) in [4.78, 5) is 28.1. The molecule has 2 amide bonds. The van der Waals surface area contributed by atoms with Gasteiger partial charge in [-0.25, -0.2) is 4.90 Å². The lowest BCUT2D eigenvalue weighted by atomic mass is 9.93. The van der Waals surface area contributed by atoms with Gasteiger partial charge in [-0.2, -0.15) is 0 Å². The lowest BCUT2D eigenvalue weighted by Crippen LogP contribution is -2.40. The third-order valence-electron chi connectivity index (χ3n) is 5.59. The van der Waals surface area contributed by atoms with Gasteiger partial charge in [-0.05, 0) is 80.6 Å². The van der Waals surface area contributed by atoms with Gasteiger partial charge < -0.3 is 9.47 Å². The fraction of sp³-hybridized carbons (Fsp3) is 0.214. The van der Waals surface area contributed by atoms with Crippen LogP contribution in [0, 0.1) is 0 Å². The van der Waals surface area contributed by atoms with Crippen molar-refractivity contribution in [2.75, 3.05) is 11.5 Å². The van der Waals surface area contributed by atoms with E-state index in [1.807, 2.05) is 39.0 Å². The van der Waals surface area contributed by atoms with Crippen LogP contribution in [0.15, 0.2) is 78.4 Å². The fourth-order valence-electron chi connectivity index (χ4n) is 4.20. The number of carbonyl (C=O) groups is 2. The molecule has 166 valence electrons. The molecule has 0 aromatic heterocycles. The second-order valence-corrected chi connectivity index (χ2v) is 9.23. The maximum absolute atomic E-state index is 13.5. The second kappa shape index (κ2) is 7.93. The summed E-state index contributed by atoms with van der Waals surface area (Å²) in [5.74, 6) is 0.583. The fourth-order valence-corrected chi connectivity index (χ4v) is 4.20. The zero-order valence-electron chi connectivity index (χ0n) is 18.9. The van der Waals surface area contributed by atoms with Crippen LogP contribution in [0.3, 0.4) is 0 Å². The number of benzene rings is 3. The van der Waals surface area contributed by atoms with Gasteiger partial charge in [0.15, 0.2) is 0 Å². The van der Waals surface area contributed by atoms with Crippen molar-refractivity contribution >= 4 is 28.3 Å². The Bertz CT molecular complexity index is 1330. The molecule has 5 heteroatoms. The largest absolute Gasteiger partial charge is 0.489 e. The first-order valence-electron chi connectivity index (χ1n) is 11.0. The van der Waals surface area contributed by atoms with E-state index in [-0.39, 0.29) is 11.8 Å². The minimum absolute atomic E-state index is 0.336. The minimum Gasteiger partial charge on any atom is -0.489 e. The SMILES string of the molecule is CC(C)(C)Oc1cc2c3c(cccc3c1)C(=O)N(c1ccc(OCC3=CCC=C3)cc1)C2=O. The van der Waals surface area contributed by atoms with Crippen LogP contribution in [-0.4, -0.2) is 24.0 Å². The van der Waals surface area contributed by atoms with Gasteiger partial charge in [0.1, 0.15) is 23.7 Å². The van der Waals surface area contributed by atoms with Gasteiger partial charge in [0.05, 0.1) is 11.3 Å². The molecule has 3 aromatic carbocycles. The average Bonchev–Trinajstić information content (AvgIpc) is 3.29. The van der Waals surface area contributed by atoms with Crippen molar-refractivity contribution in [2.45, 2.75) is 32.8 Å². The number of anilines is 1. The van der Waals surface area contributed by atoms with Crippen LogP contribution in [0.5, 0.6) is 11.5 Å². The van der Waals surface area contributed by atoms with Crippen molar-refractivity contribution in [1.29, 1.82) is 0 Å². The molecule has 1 heterocycles. The van der Waals surface area contributed by atoms with Gasteiger partial charge in [-0.3, -0.25) is 9.59 Å². The zero-order valence-corrected chi connectivity index (χ0v) is 18.9. The van der Waals surface area contributed by atoms with Crippen molar-refractivity contribution < 1.29 is 19.1 Å². The Morgan fingerprint density at radius 3 is 2.36 bits per heavy atom. The van der Waals surface area contributed by atoms with E-state index in [1.165, 1.54) is 4.90 Å². The predicted octanol–water partition coefficient (Wildman–Crippen LogP) is 6.08. The van der Waals surface area contributed by atoms with Crippen LogP contribution < -0.4 is 14.4 Å². The Kier molecular flexibility index (Phi) is 5.05. The topological polar surface area (TPSA) is 55.8 Å². The molecule has 1 aliphatic heterocycles. The molecule has 5 nitrogen and oxygen atoms in total. The Labute approximate surface area is 192 Å². The highest BCUT2D eigenvalue weighted by atomic mass is 16.5. The van der Waals surface area contributed by atoms with E-state index in [1.54, 1.807) is 36.4 Å². The summed E-state index contributed by atoms with van der Waals surface area (Å²) in [7, 11) is 0. The molecular formula is C28H25NO4. The first-order chi connectivity index (χ1) is 15.8. The van der Waals surface area contributed by atoms with Crippen molar-refractivity contribution in [3.8, 4) is 11.5 Å². The summed E-state index contributed by atoms with van der Waals surface area (Å²) in [5.41, 5.74) is 2.19. The molecule has 0 spiro atoms. The Morgan fingerprint density at radius 1 is 0.909 bits per heavy atom. The van der Waals surface area contributed by atoms with Crippen LogP contribution >= 0.6 is 0 Å². The molecule has 0 bridgehead atoms. The number of carbonyl (C=O) groups excluding carboxylic acids is 2. The summed E-state index contributed by atoms with van der Waals surface area (Å²) < 4.78 is 11.9. The molecule has 5 rings (SSSR count). The van der Waals surface area contributed by atoms with Gasteiger partial charge in [-0.15, -0.1) is 0 Å². The Balaban J connectivity index is 1.48. The number of allylic oxidation sites excluding steroid dienone is 2. The molecule has 1 aliphatic carbocycles. The molecule has 0 atom stereocenters. The van der Waals surface area contributed by atoms with Gasteiger partial charge in [-0.1, -0.05) is 30.4 Å². The Hall–Kier alpha value is -3.86. The first-order valence-corrected chi connectivity index (χ1v) is 11.0. The van der Waals surface area contributed by atoms with Crippen molar-refractivity contribution in [3.63, 3.8) is 0 Å². The summed E-state index contributed by atoms with van der Waals surface area (Å²) in [6.45, 7) is 6.36. The third-order valence-corrected chi connectivity index (χ3v) is 5.59. The monoisotopic (exact) mass is 439 g/mol. The number of nitrogens with zero attached hydrogens (tertiary/aromatic N) is 1. The number of hydrogen-bond acceptors (Lipinski definition) is 4. The predicted molar refractivity (Wildman–Crippen MR) is 129 cm³/mol. The highest BCUT2D eigenvalue weighted by Crippen LogP contribution is 2.36. The molecule has 0 N–H and O–H groups in total. The average molecular weight is 440 g/mol. The number of rotatable bonds is 5. The standard InChI is InChI=1S/C28H25NO4/c1-28(2,3)33-22-15-19-9-6-10-23-25(19)24(16-22)27(31)29(26(23)30)20-11-13-21(14-12-20)32-17-18-7-4-5-8-18/h4,6-16H,5,17H2,1-3H3. The summed E-state index contributed by atoms with van der Waals surface area (Å²) >= 11 is 0. The van der Waals surface area contributed by atoms with E-state index in [2.05, 4.69) is 18.2 Å². The number of imide groups is 1. The summed E-state index contributed by atoms with van der Waals surface area (Å²) in [6.07, 6.45) is 7.20. The number of ether oxygens (including phenoxy) is 2. The van der Waals surface area contributed by atoms with Gasteiger partial charge in [0.25, 0.3) is 11.8 Å². The summed E-state index contributed by atoms with van der Waals surface area (Å²) in [5, 5.41) is 1.48. The van der Waals surface area contributed by atoms with Gasteiger partial charge in [0.2, 0.25) is 0 Å². The third kappa shape index (κ3) is 4.02. The first kappa shape index (κ1) is 21.0. The molecular weight excluding hydrogens is 414 g/mol. The smallest absolute Gasteiger partial charge is 0.266 e. The van der Waals surface area contributed by atoms with E-state index >= 15 is 0 Å². The molecule has 0 saturated heterocycles. The lowest BCUT2D eigenvalue weighted by molar-refractivity contribution is 0.0891. The minimum atomic E-state index is -0.411. The zero-order chi connectivity index (χ0) is 23.2. The van der Waals surface area contributed by atoms with E-state index in [0.29, 0.717) is 40.3 Å². The van der Waals surface area contributed by atoms with E-state index < -0.39 is 5.60 Å². The number of hydrogen-bond donors (Lipinski definition) is 0. The molecule has 0 radical (unpaired) electrons. The van der Waals surface area contributed by atoms with Crippen LogP contribution in [0.2, 0.25) is 0 Å². The normalized spacial score (nSPS) is 15.2. The molecule has 0 saturated carbocycles. The van der Waals surface area contributed by atoms with Gasteiger partial charge >= 0.3 is 0 Å². The van der Waals surface area contributed by atoms with Crippen molar-refractivity contribution in [3.05, 3.63) is 89.5 Å². The maximum Gasteiger partial charge on any atom is 0.266 e. The molecule has 0 unspecified atom stereocenters. The maximum atomic E-state index is 13.5. The quantitative estimate of drug-likeness (QED) is 0.452. The Morgan fingerprint density at radius 2 is 1.67 bits per heavy atom. The van der Waals surface area contributed by atoms with Crippen LogP contribution in [0.25, 0.3) is 10.8 Å². The highest BCUT2D eigenvalue weighted by molar-refractivity contribution is 6.35. The molecule has 0 fully saturated rings.